The van der Waals surface area contributed by atoms with Gasteiger partial charge in [0.1, 0.15) is 5.67 Å². The fraction of sp³-hybridized carbons (Fsp3) is 0.600. The summed E-state index contributed by atoms with van der Waals surface area (Å²) < 4.78 is 20.1. The summed E-state index contributed by atoms with van der Waals surface area (Å²) in [7, 11) is 0. The topological polar surface area (TPSA) is 21.3 Å². The van der Waals surface area contributed by atoms with Crippen LogP contribution in [0.3, 0.4) is 0 Å². The maximum atomic E-state index is 14.7. The molecule has 1 N–H and O–H groups in total. The predicted octanol–water partition coefficient (Wildman–Crippen LogP) is 2.81. The molecule has 1 aromatic rings. The van der Waals surface area contributed by atoms with Gasteiger partial charge in [-0.05, 0) is 24.5 Å². The number of halogens is 1. The van der Waals surface area contributed by atoms with Crippen LogP contribution in [0.4, 0.5) is 4.39 Å². The van der Waals surface area contributed by atoms with E-state index in [-0.39, 0.29) is 6.04 Å². The van der Waals surface area contributed by atoms with Crippen LogP contribution in [-0.4, -0.2) is 25.8 Å². The van der Waals surface area contributed by atoms with E-state index in [0.29, 0.717) is 13.0 Å². The Bertz CT molecular complexity index is 369. The Balaban J connectivity index is 2.03. The van der Waals surface area contributed by atoms with Gasteiger partial charge in [0, 0.05) is 19.0 Å². The van der Waals surface area contributed by atoms with Crippen molar-refractivity contribution >= 4 is 0 Å². The largest absolute Gasteiger partial charge is 0.379 e. The van der Waals surface area contributed by atoms with Crippen LogP contribution in [0.25, 0.3) is 0 Å². The van der Waals surface area contributed by atoms with Crippen LogP contribution in [0.15, 0.2) is 24.3 Å². The molecule has 1 heterocycles. The van der Waals surface area contributed by atoms with Gasteiger partial charge in [-0.3, -0.25) is 0 Å². The second-order valence-corrected chi connectivity index (χ2v) is 5.18. The Labute approximate surface area is 109 Å². The summed E-state index contributed by atoms with van der Waals surface area (Å²) in [5.41, 5.74) is 0.700. The molecule has 0 bridgehead atoms. The number of benzene rings is 1. The van der Waals surface area contributed by atoms with E-state index < -0.39 is 5.67 Å². The number of alkyl halides is 1. The van der Waals surface area contributed by atoms with Crippen molar-refractivity contribution in [3.05, 3.63) is 35.4 Å². The van der Waals surface area contributed by atoms with Crippen molar-refractivity contribution < 1.29 is 9.13 Å². The molecule has 3 heteroatoms. The van der Waals surface area contributed by atoms with E-state index in [1.165, 1.54) is 5.56 Å². The molecule has 0 aromatic heterocycles. The van der Waals surface area contributed by atoms with Gasteiger partial charge in [-0.15, -0.1) is 0 Å². The zero-order valence-electron chi connectivity index (χ0n) is 11.2. The molecule has 1 aromatic carbocycles. The lowest BCUT2D eigenvalue weighted by Crippen LogP contribution is -2.44. The third kappa shape index (κ3) is 3.30. The van der Waals surface area contributed by atoms with Crippen molar-refractivity contribution in [1.82, 2.24) is 5.32 Å². The van der Waals surface area contributed by atoms with Gasteiger partial charge in [0.15, 0.2) is 0 Å². The first kappa shape index (κ1) is 13.5. The van der Waals surface area contributed by atoms with Crippen LogP contribution in [0.5, 0.6) is 0 Å². The Kier molecular flexibility index (Phi) is 4.36. The van der Waals surface area contributed by atoms with E-state index in [9.17, 15) is 4.39 Å². The lowest BCUT2D eigenvalue weighted by atomic mass is 9.90. The van der Waals surface area contributed by atoms with Gasteiger partial charge in [0.2, 0.25) is 0 Å². The molecule has 0 saturated carbocycles. The standard InChI is InChI=1S/C15H22FNO/c1-3-12-4-6-13(7-5-12)15(2,16)10-14-11-18-9-8-17-14/h4-7,14,17H,3,8-11H2,1-2H3. The smallest absolute Gasteiger partial charge is 0.134 e. The number of aryl methyl sites for hydroxylation is 1. The molecule has 2 unspecified atom stereocenters. The first-order chi connectivity index (χ1) is 8.62. The summed E-state index contributed by atoms with van der Waals surface area (Å²) in [5.74, 6) is 0. The average Bonchev–Trinajstić information content (AvgIpc) is 2.39. The van der Waals surface area contributed by atoms with E-state index in [1.54, 1.807) is 6.92 Å². The lowest BCUT2D eigenvalue weighted by molar-refractivity contribution is 0.0474. The predicted molar refractivity (Wildman–Crippen MR) is 71.5 cm³/mol. The number of hydrogen-bond donors (Lipinski definition) is 1. The minimum absolute atomic E-state index is 0.111. The summed E-state index contributed by atoms with van der Waals surface area (Å²) >= 11 is 0. The van der Waals surface area contributed by atoms with Gasteiger partial charge >= 0.3 is 0 Å². The molecule has 100 valence electrons. The number of hydrogen-bond acceptors (Lipinski definition) is 2. The molecule has 0 radical (unpaired) electrons. The summed E-state index contributed by atoms with van der Waals surface area (Å²) in [5, 5.41) is 3.30. The van der Waals surface area contributed by atoms with Gasteiger partial charge in [0.25, 0.3) is 0 Å². The Morgan fingerprint density at radius 1 is 1.39 bits per heavy atom. The fourth-order valence-corrected chi connectivity index (χ4v) is 2.42. The molecular weight excluding hydrogens is 229 g/mol. The van der Waals surface area contributed by atoms with E-state index in [4.69, 9.17) is 4.74 Å². The highest BCUT2D eigenvalue weighted by atomic mass is 19.1. The first-order valence-corrected chi connectivity index (χ1v) is 6.71. The number of morpholine rings is 1. The van der Waals surface area contributed by atoms with Gasteiger partial charge in [-0.1, -0.05) is 31.2 Å². The summed E-state index contributed by atoms with van der Waals surface area (Å²) in [6.45, 7) is 5.91. The van der Waals surface area contributed by atoms with Crippen LogP contribution in [0.2, 0.25) is 0 Å². The minimum Gasteiger partial charge on any atom is -0.379 e. The Morgan fingerprint density at radius 3 is 2.67 bits per heavy atom. The first-order valence-electron chi connectivity index (χ1n) is 6.71. The molecule has 2 atom stereocenters. The molecule has 0 aliphatic carbocycles. The van der Waals surface area contributed by atoms with Gasteiger partial charge in [0.05, 0.1) is 13.2 Å². The van der Waals surface area contributed by atoms with Crippen LogP contribution < -0.4 is 5.32 Å². The third-order valence-electron chi connectivity index (χ3n) is 3.59. The van der Waals surface area contributed by atoms with Crippen molar-refractivity contribution in [2.75, 3.05) is 19.8 Å². The van der Waals surface area contributed by atoms with Crippen LogP contribution >= 0.6 is 0 Å². The maximum Gasteiger partial charge on any atom is 0.134 e. The van der Waals surface area contributed by atoms with Gasteiger partial charge < -0.3 is 10.1 Å². The second-order valence-electron chi connectivity index (χ2n) is 5.18. The highest BCUT2D eigenvalue weighted by Gasteiger charge is 2.30. The van der Waals surface area contributed by atoms with Crippen molar-refractivity contribution in [3.8, 4) is 0 Å². The summed E-state index contributed by atoms with van der Waals surface area (Å²) in [4.78, 5) is 0. The van der Waals surface area contributed by atoms with Gasteiger partial charge in [-0.2, -0.15) is 0 Å². The normalized spacial score (nSPS) is 23.6. The molecule has 2 rings (SSSR count). The highest BCUT2D eigenvalue weighted by molar-refractivity contribution is 5.27. The second kappa shape index (κ2) is 5.81. The van der Waals surface area contributed by atoms with Crippen molar-refractivity contribution in [3.63, 3.8) is 0 Å². The molecule has 18 heavy (non-hydrogen) atoms. The molecule has 1 saturated heterocycles. The average molecular weight is 251 g/mol. The van der Waals surface area contributed by atoms with Gasteiger partial charge in [-0.25, -0.2) is 4.39 Å². The SMILES string of the molecule is CCc1ccc(C(C)(F)CC2COCCN2)cc1. The van der Waals surface area contributed by atoms with Crippen LogP contribution in [-0.2, 0) is 16.8 Å². The van der Waals surface area contributed by atoms with Crippen molar-refractivity contribution in [2.24, 2.45) is 0 Å². The van der Waals surface area contributed by atoms with E-state index in [0.717, 1.165) is 25.1 Å². The molecular formula is C15H22FNO. The monoisotopic (exact) mass is 251 g/mol. The zero-order valence-corrected chi connectivity index (χ0v) is 11.2. The Hall–Kier alpha value is -0.930. The number of nitrogens with one attached hydrogen (secondary N) is 1. The van der Waals surface area contributed by atoms with E-state index in [2.05, 4.69) is 12.2 Å². The number of ether oxygens (including phenoxy) is 1. The molecule has 0 amide bonds. The third-order valence-corrected chi connectivity index (χ3v) is 3.59. The summed E-state index contributed by atoms with van der Waals surface area (Å²) in [6.07, 6.45) is 1.44. The zero-order chi connectivity index (χ0) is 13.0. The van der Waals surface area contributed by atoms with E-state index >= 15 is 0 Å². The van der Waals surface area contributed by atoms with Crippen molar-refractivity contribution in [2.45, 2.75) is 38.4 Å². The number of rotatable bonds is 4. The van der Waals surface area contributed by atoms with Crippen LogP contribution in [0, 0.1) is 0 Å². The van der Waals surface area contributed by atoms with E-state index in [1.807, 2.05) is 24.3 Å². The Morgan fingerprint density at radius 2 is 2.11 bits per heavy atom. The molecule has 1 aliphatic rings. The minimum atomic E-state index is -1.30. The van der Waals surface area contributed by atoms with Crippen LogP contribution in [0.1, 0.15) is 31.4 Å². The quantitative estimate of drug-likeness (QED) is 0.888. The molecule has 1 aliphatic heterocycles. The van der Waals surface area contributed by atoms with Crippen molar-refractivity contribution in [1.29, 1.82) is 0 Å². The molecule has 2 nitrogen and oxygen atoms in total. The fourth-order valence-electron chi connectivity index (χ4n) is 2.42. The lowest BCUT2D eigenvalue weighted by Gasteiger charge is -2.30. The highest BCUT2D eigenvalue weighted by Crippen LogP contribution is 2.31. The maximum absolute atomic E-state index is 14.7. The molecule has 1 fully saturated rings. The molecule has 0 spiro atoms. The summed E-state index contributed by atoms with van der Waals surface area (Å²) in [6, 6.07) is 7.95.